The molecule has 2 aromatic carbocycles. The van der Waals surface area contributed by atoms with E-state index in [1.54, 1.807) is 17.4 Å². The number of rotatable bonds is 10. The third-order valence-corrected chi connectivity index (χ3v) is 12.3. The molecule has 4 N–H and O–H groups in total. The zero-order chi connectivity index (χ0) is 43.3. The van der Waals surface area contributed by atoms with Gasteiger partial charge < -0.3 is 24.8 Å². The first-order chi connectivity index (χ1) is 29.7. The molecule has 4 aromatic heterocycles. The molecule has 320 valence electrons. The fourth-order valence-electron chi connectivity index (χ4n) is 8.80. The number of carbonyl (C=O) groups is 3. The maximum Gasteiger partial charge on any atom is 0.328 e. The molecule has 1 unspecified atom stereocenters. The lowest BCUT2D eigenvalue weighted by Crippen LogP contribution is -2.60. The maximum atomic E-state index is 12.9. The number of nitrogens with one attached hydrogen (secondary N) is 3. The molecule has 16 nitrogen and oxygen atoms in total. The van der Waals surface area contributed by atoms with Gasteiger partial charge in [-0.2, -0.15) is 4.98 Å². The largest absolute Gasteiger partial charge is 0.382 e. The van der Waals surface area contributed by atoms with E-state index < -0.39 is 11.5 Å². The van der Waals surface area contributed by atoms with Gasteiger partial charge in [0.1, 0.15) is 17.6 Å². The van der Waals surface area contributed by atoms with Crippen molar-refractivity contribution >= 4 is 40.3 Å². The molecular formula is C46H51N11O5. The minimum Gasteiger partial charge on any atom is -0.382 e. The lowest BCUT2D eigenvalue weighted by molar-refractivity contribution is -0.120. The summed E-state index contributed by atoms with van der Waals surface area (Å²) in [6, 6.07) is 19.3. The Labute approximate surface area is 359 Å². The Morgan fingerprint density at radius 1 is 0.984 bits per heavy atom. The highest BCUT2D eigenvalue weighted by Gasteiger charge is 2.43. The number of imide groups is 1. The van der Waals surface area contributed by atoms with Crippen molar-refractivity contribution in [2.45, 2.75) is 70.9 Å². The van der Waals surface area contributed by atoms with Crippen LogP contribution in [0.15, 0.2) is 77.7 Å². The molecule has 0 bridgehead atoms. The summed E-state index contributed by atoms with van der Waals surface area (Å²) in [4.78, 5) is 64.6. The molecule has 3 aliphatic heterocycles. The van der Waals surface area contributed by atoms with E-state index in [0.29, 0.717) is 43.4 Å². The number of amides is 4. The fraction of sp³-hybridized carbons (Fsp3) is 0.391. The summed E-state index contributed by atoms with van der Waals surface area (Å²) in [5.74, 6) is 0.296. The van der Waals surface area contributed by atoms with Gasteiger partial charge in [-0.3, -0.25) is 29.7 Å². The lowest BCUT2D eigenvalue weighted by Gasteiger charge is -2.48. The van der Waals surface area contributed by atoms with Crippen molar-refractivity contribution in [1.82, 2.24) is 45.6 Å². The lowest BCUT2D eigenvalue weighted by atomic mass is 9.85. The highest BCUT2D eigenvalue weighted by atomic mass is 16.5. The van der Waals surface area contributed by atoms with Crippen molar-refractivity contribution < 1.29 is 24.0 Å². The van der Waals surface area contributed by atoms with Crippen LogP contribution in [0.5, 0.6) is 0 Å². The van der Waals surface area contributed by atoms with Crippen LogP contribution in [0.4, 0.5) is 16.2 Å². The summed E-state index contributed by atoms with van der Waals surface area (Å²) in [7, 11) is 0. The van der Waals surface area contributed by atoms with E-state index in [1.165, 1.54) is 0 Å². The number of hydrogen-bond donors (Lipinski definition) is 4. The summed E-state index contributed by atoms with van der Waals surface area (Å²) in [6.07, 6.45) is 5.74. The summed E-state index contributed by atoms with van der Waals surface area (Å²) >= 11 is 0. The molecule has 3 aliphatic rings. The second kappa shape index (κ2) is 16.1. The van der Waals surface area contributed by atoms with Gasteiger partial charge in [-0.15, -0.1) is 0 Å². The summed E-state index contributed by atoms with van der Waals surface area (Å²) in [6.45, 7) is 14.2. The average Bonchev–Trinajstić information content (AvgIpc) is 3.93. The molecule has 4 amide bonds. The minimum absolute atomic E-state index is 0.0630. The van der Waals surface area contributed by atoms with Crippen LogP contribution in [0.3, 0.4) is 0 Å². The first-order valence-corrected chi connectivity index (χ1v) is 21.2. The first-order valence-electron chi connectivity index (χ1n) is 21.2. The quantitative estimate of drug-likeness (QED) is 0.125. The average molecular weight is 838 g/mol. The van der Waals surface area contributed by atoms with Gasteiger partial charge in [0, 0.05) is 85.2 Å². The number of aliphatic hydroxyl groups is 1. The zero-order valence-corrected chi connectivity index (χ0v) is 35.6. The van der Waals surface area contributed by atoms with E-state index in [-0.39, 0.29) is 29.3 Å². The summed E-state index contributed by atoms with van der Waals surface area (Å²) in [5, 5.41) is 21.7. The molecule has 1 atom stereocenters. The van der Waals surface area contributed by atoms with Crippen molar-refractivity contribution in [2.24, 2.45) is 5.92 Å². The predicted octanol–water partition coefficient (Wildman–Crippen LogP) is 6.03. The van der Waals surface area contributed by atoms with Crippen LogP contribution < -0.4 is 20.4 Å². The number of hydrogen-bond acceptors (Lipinski definition) is 12. The predicted molar refractivity (Wildman–Crippen MR) is 233 cm³/mol. The Morgan fingerprint density at radius 2 is 1.74 bits per heavy atom. The highest BCUT2D eigenvalue weighted by molar-refractivity contribution is 6.05. The van der Waals surface area contributed by atoms with Gasteiger partial charge >= 0.3 is 17.8 Å². The topological polar surface area (TPSA) is 199 Å². The van der Waals surface area contributed by atoms with Gasteiger partial charge in [-0.25, -0.2) is 14.8 Å². The highest BCUT2D eigenvalue weighted by Crippen LogP contribution is 2.36. The van der Waals surface area contributed by atoms with Gasteiger partial charge in [0.15, 0.2) is 5.82 Å². The van der Waals surface area contributed by atoms with E-state index in [4.69, 9.17) is 9.51 Å². The number of piperidine rings is 1. The molecule has 6 aromatic rings. The van der Waals surface area contributed by atoms with Gasteiger partial charge in [0.05, 0.1) is 23.1 Å². The number of benzene rings is 2. The number of carbonyl (C=O) groups excluding carboxylic acids is 3. The maximum absolute atomic E-state index is 12.9. The zero-order valence-electron chi connectivity index (χ0n) is 35.6. The van der Waals surface area contributed by atoms with Crippen LogP contribution in [0.2, 0.25) is 0 Å². The Morgan fingerprint density at radius 3 is 2.42 bits per heavy atom. The SMILES string of the molecule is Cc1cc(-c2ncnc3[nH]c(-c4ccc(C5(O)CN(CC6CCN(c7ccc(N8CCC(=O)NC8=O)cc7)CC6)C5)cn4)cc23)ccc1C(C)NC(=O)c1nc(C(C)(C)C)no1. The summed E-state index contributed by atoms with van der Waals surface area (Å²) in [5.41, 5.74) is 7.28. The molecule has 0 saturated carbocycles. The molecule has 9 rings (SSSR count). The fourth-order valence-corrected chi connectivity index (χ4v) is 8.80. The van der Waals surface area contributed by atoms with Crippen LogP contribution in [-0.4, -0.2) is 97.2 Å². The van der Waals surface area contributed by atoms with E-state index >= 15 is 0 Å². The Kier molecular flexibility index (Phi) is 10.6. The van der Waals surface area contributed by atoms with Crippen LogP contribution in [0.1, 0.15) is 86.2 Å². The number of pyridine rings is 1. The number of aromatic amines is 1. The van der Waals surface area contributed by atoms with Crippen molar-refractivity contribution in [1.29, 1.82) is 0 Å². The Balaban J connectivity index is 0.788. The Bertz CT molecular complexity index is 2640. The van der Waals surface area contributed by atoms with E-state index in [9.17, 15) is 19.5 Å². The van der Waals surface area contributed by atoms with Crippen molar-refractivity contribution in [3.8, 4) is 22.6 Å². The van der Waals surface area contributed by atoms with Crippen molar-refractivity contribution in [3.05, 3.63) is 102 Å². The molecule has 62 heavy (non-hydrogen) atoms. The van der Waals surface area contributed by atoms with E-state index in [0.717, 1.165) is 88.6 Å². The Hall–Kier alpha value is -6.52. The van der Waals surface area contributed by atoms with E-state index in [2.05, 4.69) is 63.7 Å². The molecule has 0 radical (unpaired) electrons. The summed E-state index contributed by atoms with van der Waals surface area (Å²) < 4.78 is 5.24. The second-order valence-corrected chi connectivity index (χ2v) is 17.9. The molecule has 0 spiro atoms. The molecule has 7 heterocycles. The van der Waals surface area contributed by atoms with Crippen LogP contribution in [-0.2, 0) is 15.8 Å². The number of fused-ring (bicyclic) bond motifs is 1. The number of aryl methyl sites for hydroxylation is 1. The molecular weight excluding hydrogens is 787 g/mol. The molecule has 3 fully saturated rings. The second-order valence-electron chi connectivity index (χ2n) is 17.9. The van der Waals surface area contributed by atoms with E-state index in [1.807, 2.05) is 77.1 Å². The third-order valence-electron chi connectivity index (χ3n) is 12.3. The van der Waals surface area contributed by atoms with Crippen molar-refractivity contribution in [3.63, 3.8) is 0 Å². The van der Waals surface area contributed by atoms with Gasteiger partial charge in [0.2, 0.25) is 5.91 Å². The first kappa shape index (κ1) is 40.9. The van der Waals surface area contributed by atoms with Crippen molar-refractivity contribution in [2.75, 3.05) is 49.1 Å². The monoisotopic (exact) mass is 837 g/mol. The number of nitrogens with zero attached hydrogens (tertiary/aromatic N) is 8. The van der Waals surface area contributed by atoms with Gasteiger partial charge in [-0.05, 0) is 86.2 Å². The minimum atomic E-state index is -0.946. The molecule has 0 aliphatic carbocycles. The molecule has 16 heteroatoms. The molecule has 3 saturated heterocycles. The number of β-amino-alcohol motifs (C(OH)–C–C–N with tert-alkyl or cyclic N) is 1. The number of anilines is 2. The van der Waals surface area contributed by atoms with Crippen LogP contribution in [0, 0.1) is 12.8 Å². The third kappa shape index (κ3) is 8.14. The number of aromatic nitrogens is 6. The number of urea groups is 1. The van der Waals surface area contributed by atoms with Crippen LogP contribution in [0.25, 0.3) is 33.7 Å². The number of likely N-dealkylation sites (tertiary alicyclic amines) is 1. The number of H-pyrrole nitrogens is 1. The van der Waals surface area contributed by atoms with Crippen LogP contribution >= 0.6 is 0 Å². The smallest absolute Gasteiger partial charge is 0.328 e. The van der Waals surface area contributed by atoms with Gasteiger partial charge in [-0.1, -0.05) is 44.1 Å². The standard InChI is InChI=1S/C46H51N11O5/c1-27-20-30(6-12-34(27)28(2)50-41(59)42-53-43(54-62-42)45(3,4)5)39-35-21-37(51-40(35)49-26-48-39)36-13-7-31(22-47-36)46(61)24-55(25-46)23-29-14-17-56(18-15-29)32-8-10-33(11-9-32)57-19-16-38(58)52-44(57)60/h6-13,20-22,26,28-29,61H,14-19,23-25H2,1-5H3,(H,50,59)(H,48,49,51)(H,52,58,60). The normalized spacial score (nSPS) is 17.8. The van der Waals surface area contributed by atoms with Gasteiger partial charge in [0.25, 0.3) is 0 Å².